The third-order valence-electron chi connectivity index (χ3n) is 2.49. The molecule has 18 heavy (non-hydrogen) atoms. The Morgan fingerprint density at radius 3 is 2.44 bits per heavy atom. The summed E-state index contributed by atoms with van der Waals surface area (Å²) in [5.41, 5.74) is 0.890. The maximum atomic E-state index is 11.7. The zero-order valence-corrected chi connectivity index (χ0v) is 11.9. The summed E-state index contributed by atoms with van der Waals surface area (Å²) in [6, 6.07) is 9.66. The van der Waals surface area contributed by atoms with Crippen molar-refractivity contribution in [2.45, 2.75) is 38.2 Å². The molecular formula is C14H21NO2S. The quantitative estimate of drug-likeness (QED) is 0.832. The lowest BCUT2D eigenvalue weighted by Crippen LogP contribution is -2.36. The van der Waals surface area contributed by atoms with Crippen LogP contribution in [0.15, 0.2) is 30.3 Å². The Balaban J connectivity index is 2.38. The highest BCUT2D eigenvalue weighted by Gasteiger charge is 2.16. The average Bonchev–Trinajstić information content (AvgIpc) is 2.35. The summed E-state index contributed by atoms with van der Waals surface area (Å²) >= 11 is 1.47. The van der Waals surface area contributed by atoms with Gasteiger partial charge in [-0.15, -0.1) is 11.8 Å². The van der Waals surface area contributed by atoms with Gasteiger partial charge in [0.25, 0.3) is 0 Å². The van der Waals surface area contributed by atoms with Gasteiger partial charge in [-0.2, -0.15) is 0 Å². The van der Waals surface area contributed by atoms with Crippen LogP contribution in [0.2, 0.25) is 0 Å². The van der Waals surface area contributed by atoms with E-state index in [9.17, 15) is 9.90 Å². The van der Waals surface area contributed by atoms with Crippen LogP contribution in [0.3, 0.4) is 0 Å². The van der Waals surface area contributed by atoms with E-state index in [4.69, 9.17) is 0 Å². The van der Waals surface area contributed by atoms with Gasteiger partial charge >= 0.3 is 0 Å². The Hall–Kier alpha value is -1.00. The molecule has 1 rings (SSSR count). The molecule has 0 aliphatic heterocycles. The first kappa shape index (κ1) is 15.1. The number of nitrogens with one attached hydrogen (secondary N) is 1. The van der Waals surface area contributed by atoms with Gasteiger partial charge in [-0.3, -0.25) is 4.79 Å². The molecule has 0 aliphatic carbocycles. The van der Waals surface area contributed by atoms with Crippen LogP contribution < -0.4 is 5.32 Å². The van der Waals surface area contributed by atoms with E-state index < -0.39 is 6.10 Å². The number of aliphatic hydroxyl groups excluding tert-OH is 1. The van der Waals surface area contributed by atoms with Gasteiger partial charge in [0, 0.05) is 11.8 Å². The second kappa shape index (κ2) is 7.44. The molecule has 0 bridgehead atoms. The molecule has 2 N–H and O–H groups in total. The molecule has 100 valence electrons. The molecule has 2 atom stereocenters. The van der Waals surface area contributed by atoms with Crippen LogP contribution in [0.4, 0.5) is 0 Å². The van der Waals surface area contributed by atoms with Crippen LogP contribution in [0.25, 0.3) is 0 Å². The summed E-state index contributed by atoms with van der Waals surface area (Å²) < 4.78 is 0. The van der Waals surface area contributed by atoms with E-state index >= 15 is 0 Å². The Morgan fingerprint density at radius 2 is 1.89 bits per heavy atom. The van der Waals surface area contributed by atoms with E-state index in [1.165, 1.54) is 11.8 Å². The van der Waals surface area contributed by atoms with Crippen molar-refractivity contribution in [3.05, 3.63) is 35.9 Å². The van der Waals surface area contributed by atoms with Gasteiger partial charge in [-0.1, -0.05) is 30.3 Å². The highest BCUT2D eigenvalue weighted by atomic mass is 32.2. The van der Waals surface area contributed by atoms with Crippen molar-refractivity contribution < 1.29 is 9.90 Å². The minimum Gasteiger partial charge on any atom is -0.388 e. The first-order valence-electron chi connectivity index (χ1n) is 6.15. The van der Waals surface area contributed by atoms with Crippen molar-refractivity contribution >= 4 is 17.7 Å². The van der Waals surface area contributed by atoms with Crippen molar-refractivity contribution in [1.29, 1.82) is 0 Å². The van der Waals surface area contributed by atoms with Crippen LogP contribution in [0, 0.1) is 0 Å². The van der Waals surface area contributed by atoms with Gasteiger partial charge in [0.2, 0.25) is 5.91 Å². The molecule has 0 spiro atoms. The molecule has 0 fully saturated rings. The molecule has 3 nitrogen and oxygen atoms in total. The molecule has 0 radical (unpaired) electrons. The van der Waals surface area contributed by atoms with Gasteiger partial charge in [-0.25, -0.2) is 0 Å². The fourth-order valence-electron chi connectivity index (χ4n) is 1.48. The molecule has 0 saturated heterocycles. The number of amides is 1. The lowest BCUT2D eigenvalue weighted by molar-refractivity contribution is -0.120. The fourth-order valence-corrected chi connectivity index (χ4v) is 2.37. The largest absolute Gasteiger partial charge is 0.388 e. The van der Waals surface area contributed by atoms with Crippen molar-refractivity contribution in [1.82, 2.24) is 5.32 Å². The first-order valence-corrected chi connectivity index (χ1v) is 7.20. The third-order valence-corrected chi connectivity index (χ3v) is 3.71. The minimum absolute atomic E-state index is 0.0234. The number of rotatable bonds is 6. The van der Waals surface area contributed by atoms with Crippen LogP contribution in [0.5, 0.6) is 0 Å². The van der Waals surface area contributed by atoms with E-state index in [0.29, 0.717) is 5.75 Å². The monoisotopic (exact) mass is 267 g/mol. The first-order chi connectivity index (χ1) is 8.50. The minimum atomic E-state index is -0.523. The fraction of sp³-hybridized carbons (Fsp3) is 0.500. The van der Waals surface area contributed by atoms with E-state index in [-0.39, 0.29) is 17.2 Å². The van der Waals surface area contributed by atoms with Crippen LogP contribution in [-0.4, -0.2) is 28.1 Å². The summed E-state index contributed by atoms with van der Waals surface area (Å²) in [4.78, 5) is 11.7. The smallest absolute Gasteiger partial charge is 0.233 e. The number of carbonyl (C=O) groups excluding carboxylic acids is 1. The Kier molecular flexibility index (Phi) is 6.22. The lowest BCUT2D eigenvalue weighted by atomic mass is 10.1. The van der Waals surface area contributed by atoms with Crippen LogP contribution >= 0.6 is 11.8 Å². The van der Waals surface area contributed by atoms with Crippen molar-refractivity contribution in [2.24, 2.45) is 0 Å². The normalized spacial score (nSPS) is 14.3. The summed E-state index contributed by atoms with van der Waals surface area (Å²) in [5.74, 6) is 0.548. The topological polar surface area (TPSA) is 49.3 Å². The Morgan fingerprint density at radius 1 is 1.28 bits per heavy atom. The highest BCUT2D eigenvalue weighted by molar-refractivity contribution is 8.00. The van der Waals surface area contributed by atoms with Gasteiger partial charge in [0.15, 0.2) is 0 Å². The second-order valence-electron chi connectivity index (χ2n) is 4.57. The Bertz CT molecular complexity index is 367. The number of hydrogen-bond acceptors (Lipinski definition) is 3. The molecule has 1 aromatic rings. The van der Waals surface area contributed by atoms with Gasteiger partial charge < -0.3 is 10.4 Å². The summed E-state index contributed by atoms with van der Waals surface area (Å²) in [6.07, 6.45) is -0.523. The van der Waals surface area contributed by atoms with E-state index in [0.717, 1.165) is 5.56 Å². The average molecular weight is 267 g/mol. The zero-order valence-electron chi connectivity index (χ0n) is 11.1. The maximum Gasteiger partial charge on any atom is 0.233 e. The summed E-state index contributed by atoms with van der Waals surface area (Å²) in [5, 5.41) is 12.7. The molecule has 0 unspecified atom stereocenters. The van der Waals surface area contributed by atoms with E-state index in [1.807, 2.05) is 51.1 Å². The van der Waals surface area contributed by atoms with Gasteiger partial charge in [-0.05, 0) is 26.3 Å². The molecule has 1 aromatic carbocycles. The van der Waals surface area contributed by atoms with Crippen molar-refractivity contribution in [3.8, 4) is 0 Å². The number of benzene rings is 1. The number of hydrogen-bond donors (Lipinski definition) is 2. The predicted octanol–water partition coefficient (Wildman–Crippen LogP) is 2.37. The highest BCUT2D eigenvalue weighted by Crippen LogP contribution is 2.21. The molecular weight excluding hydrogens is 246 g/mol. The zero-order chi connectivity index (χ0) is 13.5. The van der Waals surface area contributed by atoms with Gasteiger partial charge in [0.05, 0.1) is 11.4 Å². The third kappa shape index (κ3) is 5.10. The SMILES string of the molecule is CC(C)NC(=O)[C@H](C)SC[C@@H](O)c1ccccc1. The van der Waals surface area contributed by atoms with Crippen molar-refractivity contribution in [2.75, 3.05) is 5.75 Å². The second-order valence-corrected chi connectivity index (χ2v) is 5.94. The molecule has 0 aromatic heterocycles. The molecule has 0 aliphatic rings. The Labute approximate surface area is 113 Å². The van der Waals surface area contributed by atoms with Gasteiger partial charge in [0.1, 0.15) is 0 Å². The van der Waals surface area contributed by atoms with Crippen LogP contribution in [-0.2, 0) is 4.79 Å². The van der Waals surface area contributed by atoms with Crippen molar-refractivity contribution in [3.63, 3.8) is 0 Å². The predicted molar refractivity (Wildman–Crippen MR) is 76.6 cm³/mol. The molecule has 0 heterocycles. The standard InChI is InChI=1S/C14H21NO2S/c1-10(2)15-14(17)11(3)18-9-13(16)12-7-5-4-6-8-12/h4-8,10-11,13,16H,9H2,1-3H3,(H,15,17)/t11-,13+/m0/s1. The van der Waals surface area contributed by atoms with Crippen LogP contribution in [0.1, 0.15) is 32.4 Å². The summed E-state index contributed by atoms with van der Waals surface area (Å²) in [7, 11) is 0. The number of thioether (sulfide) groups is 1. The maximum absolute atomic E-state index is 11.7. The van der Waals surface area contributed by atoms with E-state index in [2.05, 4.69) is 5.32 Å². The molecule has 4 heteroatoms. The number of aliphatic hydroxyl groups is 1. The van der Waals surface area contributed by atoms with E-state index in [1.54, 1.807) is 0 Å². The number of carbonyl (C=O) groups is 1. The lowest BCUT2D eigenvalue weighted by Gasteiger charge is -2.16. The molecule has 0 saturated carbocycles. The summed E-state index contributed by atoms with van der Waals surface area (Å²) in [6.45, 7) is 5.74. The molecule has 1 amide bonds.